The molecule has 2 N–H and O–H groups in total. The van der Waals surface area contributed by atoms with Crippen LogP contribution in [0.5, 0.6) is 0 Å². The zero-order valence-electron chi connectivity index (χ0n) is 11.1. The fourth-order valence-corrected chi connectivity index (χ4v) is 2.64. The second-order valence-electron chi connectivity index (χ2n) is 5.23. The first-order valence-electron chi connectivity index (χ1n) is 6.57. The Kier molecular flexibility index (Phi) is 4.19. The molecule has 0 bridgehead atoms. The molecular weight excluding hydrogens is 232 g/mol. The van der Waals surface area contributed by atoms with E-state index in [2.05, 4.69) is 29.5 Å². The molecule has 0 spiro atoms. The van der Waals surface area contributed by atoms with Gasteiger partial charge >= 0.3 is 0 Å². The molecule has 6 nitrogen and oxygen atoms in total. The normalized spacial score (nSPS) is 30.8. The van der Waals surface area contributed by atoms with E-state index in [9.17, 15) is 9.59 Å². The standard InChI is InChI=1S/C12H22N4O2/c1-9-8-15(2)4-3-5-16(9)12(18)10-6-14-11(17)7-13-10/h9-10,13H,3-8H2,1-2H3,(H,14,17). The molecule has 2 aliphatic rings. The number of nitrogens with zero attached hydrogens (tertiary/aromatic N) is 2. The van der Waals surface area contributed by atoms with Crippen LogP contribution in [0.1, 0.15) is 13.3 Å². The van der Waals surface area contributed by atoms with Crippen molar-refractivity contribution in [2.75, 3.05) is 39.8 Å². The van der Waals surface area contributed by atoms with E-state index in [-0.39, 0.29) is 30.4 Å². The van der Waals surface area contributed by atoms with Gasteiger partial charge in [-0.1, -0.05) is 0 Å². The lowest BCUT2D eigenvalue weighted by molar-refractivity contribution is -0.136. The number of likely N-dealkylation sites (N-methyl/N-ethyl adjacent to an activating group) is 1. The molecule has 2 atom stereocenters. The molecule has 0 saturated carbocycles. The average molecular weight is 254 g/mol. The molecular formula is C12H22N4O2. The molecule has 2 amide bonds. The summed E-state index contributed by atoms with van der Waals surface area (Å²) in [5.74, 6) is 0.0699. The summed E-state index contributed by atoms with van der Waals surface area (Å²) >= 11 is 0. The molecule has 2 heterocycles. The molecule has 18 heavy (non-hydrogen) atoms. The maximum Gasteiger partial charge on any atom is 0.241 e. The number of carbonyl (C=O) groups is 2. The minimum atomic E-state index is -0.270. The summed E-state index contributed by atoms with van der Waals surface area (Å²) in [6.45, 7) is 5.46. The SMILES string of the molecule is CC1CN(C)CCCN1C(=O)C1CNC(=O)CN1. The van der Waals surface area contributed by atoms with Gasteiger partial charge in [0.1, 0.15) is 6.04 Å². The van der Waals surface area contributed by atoms with Gasteiger partial charge in [0.25, 0.3) is 0 Å². The lowest BCUT2D eigenvalue weighted by atomic mass is 10.1. The van der Waals surface area contributed by atoms with Crippen molar-refractivity contribution in [1.82, 2.24) is 20.4 Å². The highest BCUT2D eigenvalue weighted by Crippen LogP contribution is 2.10. The van der Waals surface area contributed by atoms with E-state index in [1.807, 2.05) is 4.90 Å². The first-order valence-corrected chi connectivity index (χ1v) is 6.57. The molecule has 2 aliphatic heterocycles. The van der Waals surface area contributed by atoms with E-state index >= 15 is 0 Å². The number of piperazine rings is 1. The summed E-state index contributed by atoms with van der Waals surface area (Å²) in [5, 5.41) is 5.73. The van der Waals surface area contributed by atoms with Crippen molar-refractivity contribution < 1.29 is 9.59 Å². The van der Waals surface area contributed by atoms with Gasteiger partial charge in [-0.3, -0.25) is 14.9 Å². The molecule has 6 heteroatoms. The second-order valence-corrected chi connectivity index (χ2v) is 5.23. The van der Waals surface area contributed by atoms with Gasteiger partial charge in [0.15, 0.2) is 0 Å². The summed E-state index contributed by atoms with van der Waals surface area (Å²) in [7, 11) is 2.09. The van der Waals surface area contributed by atoms with Crippen LogP contribution < -0.4 is 10.6 Å². The van der Waals surface area contributed by atoms with Gasteiger partial charge < -0.3 is 15.1 Å². The van der Waals surface area contributed by atoms with E-state index < -0.39 is 0 Å². The molecule has 2 unspecified atom stereocenters. The van der Waals surface area contributed by atoms with Crippen molar-refractivity contribution >= 4 is 11.8 Å². The Hall–Kier alpha value is -1.14. The zero-order chi connectivity index (χ0) is 13.1. The van der Waals surface area contributed by atoms with E-state index in [1.165, 1.54) is 0 Å². The van der Waals surface area contributed by atoms with Gasteiger partial charge in [-0.25, -0.2) is 0 Å². The average Bonchev–Trinajstić information content (AvgIpc) is 2.50. The van der Waals surface area contributed by atoms with Crippen molar-refractivity contribution in [3.05, 3.63) is 0 Å². The van der Waals surface area contributed by atoms with Crippen LogP contribution in [0.15, 0.2) is 0 Å². The second kappa shape index (κ2) is 5.67. The first kappa shape index (κ1) is 13.3. The van der Waals surface area contributed by atoms with Gasteiger partial charge in [0.05, 0.1) is 6.54 Å². The van der Waals surface area contributed by atoms with Crippen LogP contribution in [0.4, 0.5) is 0 Å². The van der Waals surface area contributed by atoms with Crippen molar-refractivity contribution in [3.63, 3.8) is 0 Å². The number of carbonyl (C=O) groups excluding carboxylic acids is 2. The highest BCUT2D eigenvalue weighted by molar-refractivity contribution is 5.87. The Balaban J connectivity index is 1.96. The molecule has 0 aromatic carbocycles. The van der Waals surface area contributed by atoms with Crippen LogP contribution in [-0.2, 0) is 9.59 Å². The summed E-state index contributed by atoms with van der Waals surface area (Å²) in [6, 6.07) is -0.0435. The number of hydrogen-bond donors (Lipinski definition) is 2. The van der Waals surface area contributed by atoms with Crippen LogP contribution in [0, 0.1) is 0 Å². The third-order valence-electron chi connectivity index (χ3n) is 3.64. The fourth-order valence-electron chi connectivity index (χ4n) is 2.64. The van der Waals surface area contributed by atoms with E-state index in [1.54, 1.807) is 0 Å². The van der Waals surface area contributed by atoms with E-state index in [0.29, 0.717) is 6.54 Å². The van der Waals surface area contributed by atoms with E-state index in [4.69, 9.17) is 0 Å². The van der Waals surface area contributed by atoms with Crippen LogP contribution in [0.25, 0.3) is 0 Å². The third kappa shape index (κ3) is 3.00. The van der Waals surface area contributed by atoms with Crippen molar-refractivity contribution in [2.24, 2.45) is 0 Å². The Morgan fingerprint density at radius 3 is 2.83 bits per heavy atom. The monoisotopic (exact) mass is 254 g/mol. The van der Waals surface area contributed by atoms with Gasteiger partial charge in [-0.05, 0) is 26.9 Å². The summed E-state index contributed by atoms with van der Waals surface area (Å²) < 4.78 is 0. The van der Waals surface area contributed by atoms with Gasteiger partial charge in [0, 0.05) is 25.7 Å². The topological polar surface area (TPSA) is 64.7 Å². The fraction of sp³-hybridized carbons (Fsp3) is 0.833. The maximum absolute atomic E-state index is 12.4. The summed E-state index contributed by atoms with van der Waals surface area (Å²) in [6.07, 6.45) is 1.01. The molecule has 2 rings (SSSR count). The van der Waals surface area contributed by atoms with Crippen LogP contribution in [0.2, 0.25) is 0 Å². The molecule has 2 fully saturated rings. The van der Waals surface area contributed by atoms with Crippen LogP contribution >= 0.6 is 0 Å². The predicted molar refractivity (Wildman–Crippen MR) is 68.1 cm³/mol. The highest BCUT2D eigenvalue weighted by Gasteiger charge is 2.31. The quantitative estimate of drug-likeness (QED) is 0.606. The maximum atomic E-state index is 12.4. The molecule has 0 aromatic rings. The van der Waals surface area contributed by atoms with Crippen LogP contribution in [-0.4, -0.2) is 73.5 Å². The van der Waals surface area contributed by atoms with Gasteiger partial charge in [0.2, 0.25) is 11.8 Å². The minimum absolute atomic E-state index is 0.0392. The lowest BCUT2D eigenvalue weighted by Gasteiger charge is -2.33. The van der Waals surface area contributed by atoms with Gasteiger partial charge in [-0.2, -0.15) is 0 Å². The third-order valence-corrected chi connectivity index (χ3v) is 3.64. The number of nitrogens with one attached hydrogen (secondary N) is 2. The smallest absolute Gasteiger partial charge is 0.241 e. The Labute approximate surface area is 108 Å². The Morgan fingerprint density at radius 2 is 2.17 bits per heavy atom. The lowest BCUT2D eigenvalue weighted by Crippen LogP contribution is -2.60. The molecule has 102 valence electrons. The molecule has 0 radical (unpaired) electrons. The van der Waals surface area contributed by atoms with E-state index in [0.717, 1.165) is 26.1 Å². The highest BCUT2D eigenvalue weighted by atomic mass is 16.2. The number of amides is 2. The molecule has 2 saturated heterocycles. The number of rotatable bonds is 1. The van der Waals surface area contributed by atoms with Crippen molar-refractivity contribution in [2.45, 2.75) is 25.4 Å². The van der Waals surface area contributed by atoms with Gasteiger partial charge in [-0.15, -0.1) is 0 Å². The Morgan fingerprint density at radius 1 is 1.39 bits per heavy atom. The summed E-state index contributed by atoms with van der Waals surface area (Å²) in [5.41, 5.74) is 0. The summed E-state index contributed by atoms with van der Waals surface area (Å²) in [4.78, 5) is 27.7. The van der Waals surface area contributed by atoms with Crippen molar-refractivity contribution in [1.29, 1.82) is 0 Å². The first-order chi connectivity index (χ1) is 8.58. The largest absolute Gasteiger partial charge is 0.353 e. The number of hydrogen-bond acceptors (Lipinski definition) is 4. The molecule has 0 aromatic heterocycles. The molecule has 0 aliphatic carbocycles. The Bertz CT molecular complexity index is 324. The minimum Gasteiger partial charge on any atom is -0.353 e. The van der Waals surface area contributed by atoms with Crippen molar-refractivity contribution in [3.8, 4) is 0 Å². The predicted octanol–water partition coefficient (Wildman–Crippen LogP) is -1.37. The van der Waals surface area contributed by atoms with Crippen LogP contribution in [0.3, 0.4) is 0 Å². The zero-order valence-corrected chi connectivity index (χ0v) is 11.1.